The van der Waals surface area contributed by atoms with Gasteiger partial charge in [-0.2, -0.15) is 0 Å². The third-order valence-electron chi connectivity index (χ3n) is 3.89. The SMILES string of the molecule is CC(C)(C)OC(=O)NC1CCCCCC1NCc1ccc(Br)s1. The fourth-order valence-electron chi connectivity index (χ4n) is 2.86. The van der Waals surface area contributed by atoms with Crippen molar-refractivity contribution in [1.29, 1.82) is 0 Å². The van der Waals surface area contributed by atoms with Crippen molar-refractivity contribution in [1.82, 2.24) is 10.6 Å². The molecule has 1 fully saturated rings. The molecule has 1 heterocycles. The molecule has 1 aliphatic carbocycles. The number of carbonyl (C=O) groups is 1. The van der Waals surface area contributed by atoms with Gasteiger partial charge in [0.15, 0.2) is 0 Å². The van der Waals surface area contributed by atoms with Crippen LogP contribution < -0.4 is 10.6 Å². The molecule has 0 saturated heterocycles. The summed E-state index contributed by atoms with van der Waals surface area (Å²) < 4.78 is 6.57. The van der Waals surface area contributed by atoms with Crippen molar-refractivity contribution >= 4 is 33.4 Å². The lowest BCUT2D eigenvalue weighted by atomic mass is 10.0. The summed E-state index contributed by atoms with van der Waals surface area (Å²) in [7, 11) is 0. The summed E-state index contributed by atoms with van der Waals surface area (Å²) in [5.74, 6) is 0. The van der Waals surface area contributed by atoms with Crippen LogP contribution in [-0.4, -0.2) is 23.8 Å². The number of halogens is 1. The van der Waals surface area contributed by atoms with E-state index in [9.17, 15) is 4.79 Å². The van der Waals surface area contributed by atoms with E-state index in [-0.39, 0.29) is 12.1 Å². The van der Waals surface area contributed by atoms with Gasteiger partial charge in [-0.1, -0.05) is 19.3 Å². The van der Waals surface area contributed by atoms with Gasteiger partial charge in [-0.3, -0.25) is 0 Å². The van der Waals surface area contributed by atoms with Gasteiger partial charge in [0, 0.05) is 23.5 Å². The molecule has 0 aliphatic heterocycles. The molecule has 2 rings (SSSR count). The van der Waals surface area contributed by atoms with Crippen LogP contribution in [-0.2, 0) is 11.3 Å². The first kappa shape index (κ1) is 18.7. The molecule has 130 valence electrons. The number of carbonyl (C=O) groups excluding carboxylic acids is 1. The zero-order valence-electron chi connectivity index (χ0n) is 14.2. The number of rotatable bonds is 4. The number of hydrogen-bond acceptors (Lipinski definition) is 4. The van der Waals surface area contributed by atoms with E-state index in [2.05, 4.69) is 38.7 Å². The Morgan fingerprint density at radius 3 is 2.57 bits per heavy atom. The van der Waals surface area contributed by atoms with Gasteiger partial charge < -0.3 is 15.4 Å². The Labute approximate surface area is 151 Å². The summed E-state index contributed by atoms with van der Waals surface area (Å²) in [4.78, 5) is 13.4. The van der Waals surface area contributed by atoms with E-state index >= 15 is 0 Å². The van der Waals surface area contributed by atoms with Gasteiger partial charge in [0.25, 0.3) is 0 Å². The summed E-state index contributed by atoms with van der Waals surface area (Å²) in [6, 6.07) is 4.64. The molecule has 4 nitrogen and oxygen atoms in total. The average molecular weight is 403 g/mol. The first-order valence-corrected chi connectivity index (χ1v) is 9.91. The van der Waals surface area contributed by atoms with Gasteiger partial charge in [0.2, 0.25) is 0 Å². The van der Waals surface area contributed by atoms with Gasteiger partial charge in [-0.15, -0.1) is 11.3 Å². The second kappa shape index (κ2) is 8.49. The molecule has 1 saturated carbocycles. The lowest BCUT2D eigenvalue weighted by molar-refractivity contribution is 0.0489. The maximum Gasteiger partial charge on any atom is 0.407 e. The van der Waals surface area contributed by atoms with E-state index in [4.69, 9.17) is 4.74 Å². The van der Waals surface area contributed by atoms with Crippen LogP contribution >= 0.6 is 27.3 Å². The zero-order chi connectivity index (χ0) is 16.9. The van der Waals surface area contributed by atoms with Crippen molar-refractivity contribution in [3.8, 4) is 0 Å². The van der Waals surface area contributed by atoms with E-state index in [0.717, 1.165) is 29.6 Å². The van der Waals surface area contributed by atoms with Crippen LogP contribution in [0.3, 0.4) is 0 Å². The maximum atomic E-state index is 12.1. The van der Waals surface area contributed by atoms with Crippen molar-refractivity contribution in [3.05, 3.63) is 20.8 Å². The molecule has 6 heteroatoms. The molecule has 0 radical (unpaired) electrons. The van der Waals surface area contributed by atoms with E-state index in [1.165, 1.54) is 17.7 Å². The highest BCUT2D eigenvalue weighted by Crippen LogP contribution is 2.23. The minimum atomic E-state index is -0.457. The van der Waals surface area contributed by atoms with Crippen molar-refractivity contribution < 1.29 is 9.53 Å². The summed E-state index contributed by atoms with van der Waals surface area (Å²) >= 11 is 5.25. The van der Waals surface area contributed by atoms with Crippen molar-refractivity contribution in [2.24, 2.45) is 0 Å². The van der Waals surface area contributed by atoms with Crippen molar-refractivity contribution in [2.75, 3.05) is 0 Å². The predicted molar refractivity (Wildman–Crippen MR) is 98.9 cm³/mol. The second-order valence-electron chi connectivity index (χ2n) is 7.08. The topological polar surface area (TPSA) is 50.4 Å². The van der Waals surface area contributed by atoms with E-state index in [1.54, 1.807) is 11.3 Å². The van der Waals surface area contributed by atoms with Crippen LogP contribution in [0.4, 0.5) is 4.79 Å². The third-order valence-corrected chi connectivity index (χ3v) is 5.51. The Hall–Kier alpha value is -0.590. The van der Waals surface area contributed by atoms with Crippen LogP contribution in [0.25, 0.3) is 0 Å². The number of alkyl carbamates (subject to hydrolysis) is 1. The summed E-state index contributed by atoms with van der Waals surface area (Å²) in [6.45, 7) is 6.52. The standard InChI is InChI=1S/C17H27BrN2O2S/c1-17(2,3)22-16(21)20-14-8-6-4-5-7-13(14)19-11-12-9-10-15(18)23-12/h9-10,13-14,19H,4-8,11H2,1-3H3,(H,20,21). The minimum absolute atomic E-state index is 0.135. The van der Waals surface area contributed by atoms with Crippen LogP contribution in [0.5, 0.6) is 0 Å². The second-order valence-corrected chi connectivity index (χ2v) is 9.63. The first-order chi connectivity index (χ1) is 10.8. The zero-order valence-corrected chi connectivity index (χ0v) is 16.6. The summed E-state index contributed by atoms with van der Waals surface area (Å²) in [5, 5.41) is 6.71. The number of ether oxygens (including phenoxy) is 1. The lowest BCUT2D eigenvalue weighted by Crippen LogP contribution is -2.50. The predicted octanol–water partition coefficient (Wildman–Crippen LogP) is 4.83. The summed E-state index contributed by atoms with van der Waals surface area (Å²) in [5.41, 5.74) is -0.457. The number of hydrogen-bond donors (Lipinski definition) is 2. The number of nitrogens with one attached hydrogen (secondary N) is 2. The third kappa shape index (κ3) is 6.81. The van der Waals surface area contributed by atoms with Gasteiger partial charge in [0.1, 0.15) is 5.60 Å². The van der Waals surface area contributed by atoms with Crippen LogP contribution in [0.15, 0.2) is 15.9 Å². The molecule has 1 aromatic heterocycles. The Balaban J connectivity index is 1.91. The largest absolute Gasteiger partial charge is 0.444 e. The minimum Gasteiger partial charge on any atom is -0.444 e. The lowest BCUT2D eigenvalue weighted by Gasteiger charge is -2.28. The van der Waals surface area contributed by atoms with Gasteiger partial charge >= 0.3 is 6.09 Å². The quantitative estimate of drug-likeness (QED) is 0.709. The molecule has 23 heavy (non-hydrogen) atoms. The van der Waals surface area contributed by atoms with Gasteiger partial charge in [-0.25, -0.2) is 4.79 Å². The molecule has 0 bridgehead atoms. The molecule has 2 unspecified atom stereocenters. The fraction of sp³-hybridized carbons (Fsp3) is 0.706. The highest BCUT2D eigenvalue weighted by atomic mass is 79.9. The molecule has 1 aromatic rings. The maximum absolute atomic E-state index is 12.1. The van der Waals surface area contributed by atoms with Crippen molar-refractivity contribution in [2.45, 2.75) is 77.1 Å². The monoisotopic (exact) mass is 402 g/mol. The van der Waals surface area contributed by atoms with Crippen LogP contribution in [0, 0.1) is 0 Å². The van der Waals surface area contributed by atoms with Gasteiger partial charge in [0.05, 0.1) is 3.79 Å². The molecule has 2 atom stereocenters. The van der Waals surface area contributed by atoms with Crippen LogP contribution in [0.1, 0.15) is 57.8 Å². The van der Waals surface area contributed by atoms with Crippen molar-refractivity contribution in [3.63, 3.8) is 0 Å². The smallest absolute Gasteiger partial charge is 0.407 e. The molecule has 0 aromatic carbocycles. The fourth-order valence-corrected chi connectivity index (χ4v) is 4.30. The average Bonchev–Trinajstić information content (AvgIpc) is 2.72. The molecule has 2 N–H and O–H groups in total. The highest BCUT2D eigenvalue weighted by molar-refractivity contribution is 9.11. The molecular formula is C17H27BrN2O2S. The number of amides is 1. The van der Waals surface area contributed by atoms with E-state index in [0.29, 0.717) is 6.04 Å². The normalized spacial score (nSPS) is 22.4. The Bertz CT molecular complexity index is 513. The van der Waals surface area contributed by atoms with E-state index in [1.807, 2.05) is 20.8 Å². The molecule has 0 spiro atoms. The highest BCUT2D eigenvalue weighted by Gasteiger charge is 2.27. The molecule has 1 aliphatic rings. The van der Waals surface area contributed by atoms with E-state index < -0.39 is 5.60 Å². The molecule has 1 amide bonds. The number of thiophene rings is 1. The first-order valence-electron chi connectivity index (χ1n) is 8.30. The molecular weight excluding hydrogens is 376 g/mol. The Morgan fingerprint density at radius 2 is 1.96 bits per heavy atom. The van der Waals surface area contributed by atoms with Gasteiger partial charge in [-0.05, 0) is 61.7 Å². The Morgan fingerprint density at radius 1 is 1.26 bits per heavy atom. The van der Waals surface area contributed by atoms with Crippen LogP contribution in [0.2, 0.25) is 0 Å². The Kier molecular flexibility index (Phi) is 6.92. The summed E-state index contributed by atoms with van der Waals surface area (Å²) in [6.07, 6.45) is 5.38.